The smallest absolute Gasteiger partial charge is 0.314 e. The number of carboxylic acids is 1. The van der Waals surface area contributed by atoms with Crippen LogP contribution < -0.4 is 4.74 Å². The Labute approximate surface area is 208 Å². The second-order valence-electron chi connectivity index (χ2n) is 11.3. The highest BCUT2D eigenvalue weighted by atomic mass is 16.7. The van der Waals surface area contributed by atoms with Crippen LogP contribution in [0.2, 0.25) is 0 Å². The van der Waals surface area contributed by atoms with E-state index < -0.39 is 22.7 Å². The lowest BCUT2D eigenvalue weighted by atomic mass is 9.72. The van der Waals surface area contributed by atoms with E-state index >= 15 is 0 Å². The maximum absolute atomic E-state index is 11.7. The van der Waals surface area contributed by atoms with Crippen LogP contribution in [-0.2, 0) is 23.8 Å². The number of hydrogen-bond acceptors (Lipinski definition) is 7. The largest absolute Gasteiger partial charge is 0.491 e. The molecule has 35 heavy (non-hydrogen) atoms. The number of hydroxylamine groups is 2. The number of nitrogens with zero attached hydrogens (tertiary/aromatic N) is 1. The first-order valence-electron chi connectivity index (χ1n) is 12.8. The summed E-state index contributed by atoms with van der Waals surface area (Å²) in [6.45, 7) is 14.0. The van der Waals surface area contributed by atoms with Gasteiger partial charge < -0.3 is 24.1 Å². The number of carboxylic acid groups (broad SMARTS) is 1. The Balaban J connectivity index is 1.49. The van der Waals surface area contributed by atoms with Crippen molar-refractivity contribution >= 4 is 5.97 Å². The van der Waals surface area contributed by atoms with Crippen molar-refractivity contribution in [3.63, 3.8) is 0 Å². The lowest BCUT2D eigenvalue weighted by molar-refractivity contribution is -0.392. The molecule has 8 heteroatoms. The molecule has 2 atom stereocenters. The van der Waals surface area contributed by atoms with Crippen LogP contribution in [0.3, 0.4) is 0 Å². The second kappa shape index (κ2) is 9.63. The van der Waals surface area contributed by atoms with Crippen LogP contribution in [0.5, 0.6) is 5.75 Å². The van der Waals surface area contributed by atoms with Gasteiger partial charge in [0.2, 0.25) is 0 Å². The highest BCUT2D eigenvalue weighted by molar-refractivity contribution is 5.74. The number of ether oxygens (including phenoxy) is 4. The first-order valence-corrected chi connectivity index (χ1v) is 12.8. The van der Waals surface area contributed by atoms with Crippen molar-refractivity contribution in [2.75, 3.05) is 26.4 Å². The summed E-state index contributed by atoms with van der Waals surface area (Å²) in [6, 6.07) is 8.05. The summed E-state index contributed by atoms with van der Waals surface area (Å²) >= 11 is 0. The summed E-state index contributed by atoms with van der Waals surface area (Å²) < 4.78 is 23.5. The van der Waals surface area contributed by atoms with Gasteiger partial charge >= 0.3 is 5.97 Å². The van der Waals surface area contributed by atoms with Crippen molar-refractivity contribution in [1.82, 2.24) is 5.06 Å². The van der Waals surface area contributed by atoms with Crippen LogP contribution in [-0.4, -0.2) is 65.5 Å². The van der Waals surface area contributed by atoms with Gasteiger partial charge in [-0.05, 0) is 58.2 Å². The quantitative estimate of drug-likeness (QED) is 0.496. The maximum Gasteiger partial charge on any atom is 0.314 e. The molecule has 0 radical (unpaired) electrons. The van der Waals surface area contributed by atoms with Gasteiger partial charge in [-0.3, -0.25) is 9.63 Å². The van der Waals surface area contributed by atoms with Crippen LogP contribution in [0.25, 0.3) is 0 Å². The molecule has 8 nitrogen and oxygen atoms in total. The van der Waals surface area contributed by atoms with E-state index in [4.69, 9.17) is 23.8 Å². The van der Waals surface area contributed by atoms with Crippen LogP contribution in [0.1, 0.15) is 78.9 Å². The minimum atomic E-state index is -1.03. The summed E-state index contributed by atoms with van der Waals surface area (Å²) in [5.41, 5.74) is -0.678. The molecular weight excluding hydrogens is 450 g/mol. The summed E-state index contributed by atoms with van der Waals surface area (Å²) in [5, 5.41) is 11.8. The summed E-state index contributed by atoms with van der Waals surface area (Å²) in [4.78, 5) is 18.4. The normalized spacial score (nSPS) is 32.8. The van der Waals surface area contributed by atoms with E-state index in [0.717, 1.165) is 30.8 Å². The highest BCUT2D eigenvalue weighted by Gasteiger charge is 2.60. The predicted molar refractivity (Wildman–Crippen MR) is 130 cm³/mol. The van der Waals surface area contributed by atoms with Gasteiger partial charge in [-0.2, -0.15) is 5.06 Å². The summed E-state index contributed by atoms with van der Waals surface area (Å²) in [7, 11) is 0. The molecule has 0 aromatic heterocycles. The highest BCUT2D eigenvalue weighted by Crippen LogP contribution is 2.52. The molecule has 0 bridgehead atoms. The fourth-order valence-electron chi connectivity index (χ4n) is 5.45. The Kier molecular flexibility index (Phi) is 7.25. The van der Waals surface area contributed by atoms with Crippen LogP contribution in [0.4, 0.5) is 0 Å². The van der Waals surface area contributed by atoms with Crippen molar-refractivity contribution in [2.45, 2.75) is 96.3 Å². The molecule has 3 aliphatic heterocycles. The topological polar surface area (TPSA) is 90.0 Å². The van der Waals surface area contributed by atoms with Gasteiger partial charge in [0.25, 0.3) is 0 Å². The number of carbonyl (C=O) groups is 1. The molecular formula is C27H41NO7. The fraction of sp³-hybridized carbons (Fsp3) is 0.741. The zero-order valence-electron chi connectivity index (χ0n) is 22.0. The number of aliphatic carboxylic acids is 1. The third-order valence-corrected chi connectivity index (χ3v) is 7.87. The molecule has 2 unspecified atom stereocenters. The summed E-state index contributed by atoms with van der Waals surface area (Å²) in [6.07, 6.45) is 2.97. The van der Waals surface area contributed by atoms with E-state index in [1.54, 1.807) is 6.92 Å². The first-order chi connectivity index (χ1) is 16.5. The molecule has 196 valence electrons. The Morgan fingerprint density at radius 1 is 1.11 bits per heavy atom. The van der Waals surface area contributed by atoms with Gasteiger partial charge in [-0.25, -0.2) is 0 Å². The maximum atomic E-state index is 11.7. The second-order valence-corrected chi connectivity index (χ2v) is 11.3. The third-order valence-electron chi connectivity index (χ3n) is 7.87. The van der Waals surface area contributed by atoms with E-state index in [1.807, 2.05) is 24.3 Å². The molecule has 1 N–H and O–H groups in total. The molecule has 0 amide bonds. The number of rotatable bonds is 9. The van der Waals surface area contributed by atoms with Crippen molar-refractivity contribution < 1.29 is 33.7 Å². The molecule has 4 rings (SSSR count). The number of piperidine rings is 1. The molecule has 1 spiro atoms. The van der Waals surface area contributed by atoms with Crippen molar-refractivity contribution in [3.05, 3.63) is 29.8 Å². The Hall–Kier alpha value is -1.71. The minimum Gasteiger partial charge on any atom is -0.491 e. The van der Waals surface area contributed by atoms with Gasteiger partial charge in [0.1, 0.15) is 30.0 Å². The minimum absolute atomic E-state index is 0.139. The summed E-state index contributed by atoms with van der Waals surface area (Å²) in [5.74, 6) is -0.887. The molecule has 0 saturated carbocycles. The molecule has 3 fully saturated rings. The average molecular weight is 492 g/mol. The number of benzene rings is 1. The van der Waals surface area contributed by atoms with Crippen LogP contribution in [0.15, 0.2) is 24.3 Å². The van der Waals surface area contributed by atoms with Gasteiger partial charge in [0, 0.05) is 18.4 Å². The number of hydrogen-bond donors (Lipinski definition) is 1. The SMILES string of the molecule is CCC1(CC)CC2(CC(C)(C)N1OC(C)c1ccc(OCC3CO3)cc1)OCC(C)(C(=O)O)CO2. The fourth-order valence-corrected chi connectivity index (χ4v) is 5.45. The molecule has 1 aromatic carbocycles. The number of epoxide rings is 1. The Morgan fingerprint density at radius 3 is 2.23 bits per heavy atom. The van der Waals surface area contributed by atoms with Gasteiger partial charge in [-0.1, -0.05) is 26.0 Å². The Morgan fingerprint density at radius 2 is 1.71 bits per heavy atom. The zero-order valence-corrected chi connectivity index (χ0v) is 22.0. The van der Waals surface area contributed by atoms with Gasteiger partial charge in [-0.15, -0.1) is 0 Å². The molecule has 3 saturated heterocycles. The van der Waals surface area contributed by atoms with E-state index in [-0.39, 0.29) is 31.0 Å². The lowest BCUT2D eigenvalue weighted by Crippen LogP contribution is -2.70. The predicted octanol–water partition coefficient (Wildman–Crippen LogP) is 4.72. The van der Waals surface area contributed by atoms with E-state index in [9.17, 15) is 9.90 Å². The Bertz CT molecular complexity index is 883. The van der Waals surface area contributed by atoms with E-state index in [2.05, 4.69) is 39.7 Å². The van der Waals surface area contributed by atoms with Crippen molar-refractivity contribution in [1.29, 1.82) is 0 Å². The third kappa shape index (κ3) is 5.37. The van der Waals surface area contributed by atoms with E-state index in [1.165, 1.54) is 0 Å². The van der Waals surface area contributed by atoms with E-state index in [0.29, 0.717) is 19.4 Å². The first kappa shape index (κ1) is 26.4. The monoisotopic (exact) mass is 491 g/mol. The van der Waals surface area contributed by atoms with Gasteiger partial charge in [0.05, 0.1) is 25.4 Å². The van der Waals surface area contributed by atoms with Crippen LogP contribution >= 0.6 is 0 Å². The molecule has 3 heterocycles. The molecule has 1 aromatic rings. The van der Waals surface area contributed by atoms with Crippen molar-refractivity contribution in [3.8, 4) is 5.75 Å². The average Bonchev–Trinajstić information content (AvgIpc) is 3.66. The van der Waals surface area contributed by atoms with Gasteiger partial charge in [0.15, 0.2) is 5.79 Å². The van der Waals surface area contributed by atoms with Crippen molar-refractivity contribution in [2.24, 2.45) is 5.41 Å². The van der Waals surface area contributed by atoms with Crippen LogP contribution in [0, 0.1) is 5.41 Å². The molecule has 0 aliphatic carbocycles. The lowest BCUT2D eigenvalue weighted by Gasteiger charge is -2.61. The zero-order chi connectivity index (χ0) is 25.5. The molecule has 3 aliphatic rings. The standard InChI is InChI=1S/C27H41NO7/c1-7-26(8-2)16-27(33-17-25(6,18-34-27)23(29)30)15-24(4,5)28(26)35-19(3)20-9-11-21(12-10-20)31-13-22-14-32-22/h9-12,19,22H,7-8,13-18H2,1-6H3,(H,29,30).